The molecule has 4 aliphatic rings. The zero-order valence-electron chi connectivity index (χ0n) is 9.61. The summed E-state index contributed by atoms with van der Waals surface area (Å²) in [5.74, 6) is -3.28. The minimum absolute atomic E-state index is 0.150. The van der Waals surface area contributed by atoms with Gasteiger partial charge in [0.05, 0.1) is 11.3 Å². The highest BCUT2D eigenvalue weighted by molar-refractivity contribution is 5.10. The Morgan fingerprint density at radius 1 is 0.778 bits per heavy atom. The molecule has 0 heterocycles. The maximum Gasteiger partial charge on any atom is 0.395 e. The number of halogens is 6. The van der Waals surface area contributed by atoms with Crippen molar-refractivity contribution in [2.45, 2.75) is 44.5 Å². The van der Waals surface area contributed by atoms with E-state index in [9.17, 15) is 26.3 Å². The van der Waals surface area contributed by atoms with Gasteiger partial charge in [0.25, 0.3) is 0 Å². The Morgan fingerprint density at radius 3 is 1.67 bits per heavy atom. The van der Waals surface area contributed by atoms with Gasteiger partial charge >= 0.3 is 12.4 Å². The molecule has 0 amide bonds. The molecule has 4 bridgehead atoms. The van der Waals surface area contributed by atoms with Crippen LogP contribution in [0.15, 0.2) is 0 Å². The molecule has 0 aromatic rings. The van der Waals surface area contributed by atoms with Crippen molar-refractivity contribution in [1.29, 1.82) is 0 Å². The van der Waals surface area contributed by atoms with Gasteiger partial charge in [-0.15, -0.1) is 0 Å². The molecule has 0 spiro atoms. The predicted octanol–water partition coefficient (Wildman–Crippen LogP) is 4.55. The quantitative estimate of drug-likeness (QED) is 0.567. The van der Waals surface area contributed by atoms with Gasteiger partial charge in [-0.05, 0) is 49.9 Å². The molecule has 18 heavy (non-hydrogen) atoms. The summed E-state index contributed by atoms with van der Waals surface area (Å²) in [6.45, 7) is 0. The van der Waals surface area contributed by atoms with Gasteiger partial charge in [0.1, 0.15) is 0 Å². The van der Waals surface area contributed by atoms with Crippen molar-refractivity contribution in [3.05, 3.63) is 0 Å². The van der Waals surface area contributed by atoms with Gasteiger partial charge in [-0.2, -0.15) is 26.3 Å². The maximum atomic E-state index is 13.3. The summed E-state index contributed by atoms with van der Waals surface area (Å²) < 4.78 is 79.1. The van der Waals surface area contributed by atoms with E-state index in [1.54, 1.807) is 0 Å². The molecule has 0 aliphatic heterocycles. The van der Waals surface area contributed by atoms with E-state index in [-0.39, 0.29) is 24.7 Å². The van der Waals surface area contributed by atoms with Crippen molar-refractivity contribution in [2.24, 2.45) is 29.1 Å². The van der Waals surface area contributed by atoms with E-state index in [4.69, 9.17) is 0 Å². The Kier molecular flexibility index (Phi) is 2.36. The first-order chi connectivity index (χ1) is 8.13. The molecule has 4 aliphatic carbocycles. The molecule has 0 N–H and O–H groups in total. The molecule has 0 saturated heterocycles. The Morgan fingerprint density at radius 2 is 1.28 bits per heavy atom. The van der Waals surface area contributed by atoms with E-state index in [0.29, 0.717) is 19.3 Å². The van der Waals surface area contributed by atoms with Crippen LogP contribution >= 0.6 is 0 Å². The molecular formula is C12H14F6. The van der Waals surface area contributed by atoms with Gasteiger partial charge in [-0.3, -0.25) is 0 Å². The average Bonchev–Trinajstić information content (AvgIpc) is 2.10. The van der Waals surface area contributed by atoms with Gasteiger partial charge in [-0.25, -0.2) is 0 Å². The van der Waals surface area contributed by atoms with Crippen LogP contribution in [0.1, 0.15) is 32.1 Å². The fourth-order valence-corrected chi connectivity index (χ4v) is 5.03. The van der Waals surface area contributed by atoms with Crippen molar-refractivity contribution in [3.8, 4) is 0 Å². The molecule has 104 valence electrons. The van der Waals surface area contributed by atoms with Crippen LogP contribution in [-0.2, 0) is 0 Å². The Hall–Kier alpha value is -0.420. The third-order valence-corrected chi connectivity index (χ3v) is 5.23. The van der Waals surface area contributed by atoms with E-state index in [1.807, 2.05) is 0 Å². The smallest absolute Gasteiger partial charge is 0.171 e. The SMILES string of the molecule is FC(F)(F)C1C2CC3CC(C2)CC1(C(F)(F)F)C3. The minimum Gasteiger partial charge on any atom is -0.171 e. The summed E-state index contributed by atoms with van der Waals surface area (Å²) in [6, 6.07) is 0. The summed E-state index contributed by atoms with van der Waals surface area (Å²) in [7, 11) is 0. The lowest BCUT2D eigenvalue weighted by Crippen LogP contribution is -2.62. The highest BCUT2D eigenvalue weighted by Crippen LogP contribution is 2.70. The highest BCUT2D eigenvalue weighted by atomic mass is 19.4. The minimum atomic E-state index is -4.73. The van der Waals surface area contributed by atoms with E-state index in [1.165, 1.54) is 0 Å². The first kappa shape index (κ1) is 12.6. The van der Waals surface area contributed by atoms with Crippen molar-refractivity contribution in [2.75, 3.05) is 0 Å². The topological polar surface area (TPSA) is 0 Å². The second-order valence-electron chi connectivity index (χ2n) is 6.28. The summed E-state index contributed by atoms with van der Waals surface area (Å²) in [6.07, 6.45) is -8.73. The fourth-order valence-electron chi connectivity index (χ4n) is 5.03. The Bertz CT molecular complexity index is 341. The van der Waals surface area contributed by atoms with Crippen LogP contribution in [0.25, 0.3) is 0 Å². The number of hydrogen-bond acceptors (Lipinski definition) is 0. The summed E-state index contributed by atoms with van der Waals surface area (Å²) in [5, 5.41) is 0. The van der Waals surface area contributed by atoms with Gasteiger partial charge < -0.3 is 0 Å². The van der Waals surface area contributed by atoms with Gasteiger partial charge in [0.2, 0.25) is 0 Å². The lowest BCUT2D eigenvalue weighted by atomic mass is 9.44. The van der Waals surface area contributed by atoms with Crippen molar-refractivity contribution in [1.82, 2.24) is 0 Å². The van der Waals surface area contributed by atoms with E-state index < -0.39 is 29.6 Å². The van der Waals surface area contributed by atoms with Crippen LogP contribution in [0.5, 0.6) is 0 Å². The summed E-state index contributed by atoms with van der Waals surface area (Å²) in [4.78, 5) is 0. The molecule has 0 aromatic carbocycles. The van der Waals surface area contributed by atoms with Crippen LogP contribution in [0.3, 0.4) is 0 Å². The van der Waals surface area contributed by atoms with Crippen molar-refractivity contribution < 1.29 is 26.3 Å². The molecule has 4 fully saturated rings. The van der Waals surface area contributed by atoms with Gasteiger partial charge in [0, 0.05) is 0 Å². The molecule has 3 atom stereocenters. The van der Waals surface area contributed by atoms with Crippen LogP contribution in [0.2, 0.25) is 0 Å². The molecule has 0 nitrogen and oxygen atoms in total. The van der Waals surface area contributed by atoms with Crippen LogP contribution < -0.4 is 0 Å². The first-order valence-corrected chi connectivity index (χ1v) is 6.27. The standard InChI is InChI=1S/C12H14F6/c13-11(14,15)9-8-2-6-1-7(3-8)5-10(9,4-6)12(16,17)18/h6-9H,1-5H2. The predicted molar refractivity (Wildman–Crippen MR) is 51.6 cm³/mol. The Balaban J connectivity index is 2.07. The first-order valence-electron chi connectivity index (χ1n) is 6.27. The number of rotatable bonds is 0. The van der Waals surface area contributed by atoms with Crippen LogP contribution in [-0.4, -0.2) is 12.4 Å². The average molecular weight is 272 g/mol. The lowest BCUT2D eigenvalue weighted by molar-refractivity contribution is -0.352. The number of hydrogen-bond donors (Lipinski definition) is 0. The van der Waals surface area contributed by atoms with Crippen LogP contribution in [0, 0.1) is 29.1 Å². The second kappa shape index (κ2) is 3.37. The molecule has 0 radical (unpaired) electrons. The van der Waals surface area contributed by atoms with E-state index >= 15 is 0 Å². The van der Waals surface area contributed by atoms with Gasteiger partial charge in [-0.1, -0.05) is 0 Å². The fraction of sp³-hybridized carbons (Fsp3) is 1.00. The van der Waals surface area contributed by atoms with E-state index in [2.05, 4.69) is 0 Å². The third-order valence-electron chi connectivity index (χ3n) is 5.23. The van der Waals surface area contributed by atoms with Crippen molar-refractivity contribution in [3.63, 3.8) is 0 Å². The summed E-state index contributed by atoms with van der Waals surface area (Å²) in [5.41, 5.74) is -2.49. The molecular weight excluding hydrogens is 258 g/mol. The molecule has 0 aromatic heterocycles. The second-order valence-corrected chi connectivity index (χ2v) is 6.28. The van der Waals surface area contributed by atoms with Gasteiger partial charge in [0.15, 0.2) is 0 Å². The zero-order chi connectivity index (χ0) is 13.3. The highest BCUT2D eigenvalue weighted by Gasteiger charge is 2.73. The monoisotopic (exact) mass is 272 g/mol. The number of alkyl halides is 6. The van der Waals surface area contributed by atoms with E-state index in [0.717, 1.165) is 0 Å². The normalized spacial score (nSPS) is 47.7. The molecule has 4 rings (SSSR count). The largest absolute Gasteiger partial charge is 0.395 e. The maximum absolute atomic E-state index is 13.3. The zero-order valence-corrected chi connectivity index (χ0v) is 9.61. The summed E-state index contributed by atoms with van der Waals surface area (Å²) >= 11 is 0. The third kappa shape index (κ3) is 1.53. The Labute approximate surface area is 101 Å². The van der Waals surface area contributed by atoms with Crippen molar-refractivity contribution >= 4 is 0 Å². The molecule has 4 saturated carbocycles. The van der Waals surface area contributed by atoms with Crippen LogP contribution in [0.4, 0.5) is 26.3 Å². The molecule has 3 unspecified atom stereocenters. The lowest BCUT2D eigenvalue weighted by Gasteiger charge is -2.61. The molecule has 6 heteroatoms.